The number of hydrogen-bond donors (Lipinski definition) is 1. The average Bonchev–Trinajstić information content (AvgIpc) is 3.12. The van der Waals surface area contributed by atoms with E-state index in [0.717, 1.165) is 11.4 Å². The molecule has 6 heteroatoms. The van der Waals surface area contributed by atoms with Crippen molar-refractivity contribution in [1.82, 2.24) is 15.1 Å². The molecule has 0 bridgehead atoms. The van der Waals surface area contributed by atoms with Gasteiger partial charge >= 0.3 is 0 Å². The molecular formula is C19H19ClN4O. The molecule has 25 heavy (non-hydrogen) atoms. The van der Waals surface area contributed by atoms with Crippen LogP contribution in [-0.2, 0) is 0 Å². The number of aromatic nitrogens is 2. The third kappa shape index (κ3) is 4.39. The molecule has 128 valence electrons. The molecule has 5 nitrogen and oxygen atoms in total. The zero-order valence-corrected chi connectivity index (χ0v) is 14.6. The Kier molecular flexibility index (Phi) is 5.36. The van der Waals surface area contributed by atoms with E-state index in [4.69, 9.17) is 11.6 Å². The van der Waals surface area contributed by atoms with Crippen molar-refractivity contribution in [1.29, 1.82) is 0 Å². The van der Waals surface area contributed by atoms with Crippen LogP contribution in [0, 0.1) is 0 Å². The molecule has 3 aromatic rings. The summed E-state index contributed by atoms with van der Waals surface area (Å²) in [5.41, 5.74) is 2.31. The lowest BCUT2D eigenvalue weighted by Gasteiger charge is -2.19. The van der Waals surface area contributed by atoms with Crippen molar-refractivity contribution < 1.29 is 4.79 Å². The summed E-state index contributed by atoms with van der Waals surface area (Å²) in [5.74, 6) is -0.192. The zero-order chi connectivity index (χ0) is 17.6. The SMILES string of the molecule is CN(CCNC(=O)c1ccn(-c2cccc(Cl)c2)n1)c1ccccc1. The molecule has 0 fully saturated rings. The molecule has 2 aromatic carbocycles. The van der Waals surface area contributed by atoms with Crippen LogP contribution in [-0.4, -0.2) is 35.8 Å². The van der Waals surface area contributed by atoms with Crippen molar-refractivity contribution in [3.05, 3.63) is 77.6 Å². The standard InChI is InChI=1S/C19H19ClN4O/c1-23(16-7-3-2-4-8-16)13-11-21-19(25)18-10-12-24(22-18)17-9-5-6-15(20)14-17/h2-10,12,14H,11,13H2,1H3,(H,21,25). The van der Waals surface area contributed by atoms with Crippen molar-refractivity contribution in [2.45, 2.75) is 0 Å². The van der Waals surface area contributed by atoms with Crippen LogP contribution in [0.5, 0.6) is 0 Å². The van der Waals surface area contributed by atoms with E-state index < -0.39 is 0 Å². The predicted octanol–water partition coefficient (Wildman–Crippen LogP) is 3.39. The molecule has 0 spiro atoms. The Labute approximate surface area is 151 Å². The highest BCUT2D eigenvalue weighted by atomic mass is 35.5. The number of halogens is 1. The third-order valence-corrected chi connectivity index (χ3v) is 4.06. The molecular weight excluding hydrogens is 336 g/mol. The first-order valence-electron chi connectivity index (χ1n) is 7.99. The van der Waals surface area contributed by atoms with Crippen molar-refractivity contribution in [3.8, 4) is 5.69 Å². The fourth-order valence-corrected chi connectivity index (χ4v) is 2.63. The number of carbonyl (C=O) groups excluding carboxylic acids is 1. The van der Waals surface area contributed by atoms with Crippen LogP contribution in [0.4, 0.5) is 5.69 Å². The molecule has 3 rings (SSSR count). The van der Waals surface area contributed by atoms with Gasteiger partial charge in [0.25, 0.3) is 5.91 Å². The maximum absolute atomic E-state index is 12.2. The summed E-state index contributed by atoms with van der Waals surface area (Å²) in [4.78, 5) is 14.3. The average molecular weight is 355 g/mol. The van der Waals surface area contributed by atoms with Gasteiger partial charge in [0.1, 0.15) is 0 Å². The molecule has 0 atom stereocenters. The third-order valence-electron chi connectivity index (χ3n) is 3.82. The first-order chi connectivity index (χ1) is 12.1. The highest BCUT2D eigenvalue weighted by molar-refractivity contribution is 6.30. The Morgan fingerprint density at radius 3 is 2.72 bits per heavy atom. The minimum atomic E-state index is -0.192. The van der Waals surface area contributed by atoms with Crippen LogP contribution in [0.1, 0.15) is 10.5 Å². The molecule has 1 heterocycles. The summed E-state index contributed by atoms with van der Waals surface area (Å²) >= 11 is 5.99. The van der Waals surface area contributed by atoms with Crippen LogP contribution in [0.3, 0.4) is 0 Å². The summed E-state index contributed by atoms with van der Waals surface area (Å²) in [6, 6.07) is 19.1. The second kappa shape index (κ2) is 7.85. The predicted molar refractivity (Wildman–Crippen MR) is 101 cm³/mol. The van der Waals surface area contributed by atoms with E-state index in [2.05, 4.69) is 15.3 Å². The zero-order valence-electron chi connectivity index (χ0n) is 13.9. The smallest absolute Gasteiger partial charge is 0.271 e. The molecule has 0 aliphatic heterocycles. The molecule has 0 saturated carbocycles. The van der Waals surface area contributed by atoms with Gasteiger partial charge in [0, 0.05) is 37.0 Å². The van der Waals surface area contributed by atoms with E-state index >= 15 is 0 Å². The van der Waals surface area contributed by atoms with Crippen LogP contribution in [0.15, 0.2) is 66.9 Å². The molecule has 0 unspecified atom stereocenters. The van der Waals surface area contributed by atoms with Gasteiger partial charge in [-0.1, -0.05) is 35.9 Å². The minimum absolute atomic E-state index is 0.192. The number of rotatable bonds is 6. The van der Waals surface area contributed by atoms with Crippen molar-refractivity contribution in [2.75, 3.05) is 25.0 Å². The highest BCUT2D eigenvalue weighted by Crippen LogP contribution is 2.14. The number of benzene rings is 2. The van der Waals surface area contributed by atoms with Crippen molar-refractivity contribution in [2.24, 2.45) is 0 Å². The van der Waals surface area contributed by atoms with Crippen LogP contribution >= 0.6 is 11.6 Å². The summed E-state index contributed by atoms with van der Waals surface area (Å²) < 4.78 is 1.64. The number of amides is 1. The molecule has 0 aliphatic carbocycles. The Hall–Kier alpha value is -2.79. The topological polar surface area (TPSA) is 50.2 Å². The van der Waals surface area contributed by atoms with Crippen LogP contribution in [0.25, 0.3) is 5.69 Å². The van der Waals surface area contributed by atoms with E-state index in [1.54, 1.807) is 29.1 Å². The highest BCUT2D eigenvalue weighted by Gasteiger charge is 2.10. The fraction of sp³-hybridized carbons (Fsp3) is 0.158. The van der Waals surface area contributed by atoms with Gasteiger partial charge in [0.2, 0.25) is 0 Å². The number of hydrogen-bond acceptors (Lipinski definition) is 3. The van der Waals surface area contributed by atoms with E-state index in [1.165, 1.54) is 0 Å². The van der Waals surface area contributed by atoms with E-state index in [9.17, 15) is 4.79 Å². The van der Waals surface area contributed by atoms with Gasteiger partial charge in [-0.25, -0.2) is 4.68 Å². The molecule has 0 saturated heterocycles. The minimum Gasteiger partial charge on any atom is -0.373 e. The van der Waals surface area contributed by atoms with Crippen LogP contribution < -0.4 is 10.2 Å². The van der Waals surface area contributed by atoms with Gasteiger partial charge in [-0.05, 0) is 36.4 Å². The van der Waals surface area contributed by atoms with Gasteiger partial charge in [-0.2, -0.15) is 5.10 Å². The number of anilines is 1. The summed E-state index contributed by atoms with van der Waals surface area (Å²) in [6.07, 6.45) is 1.75. The van der Waals surface area contributed by atoms with E-state index in [1.807, 2.05) is 49.5 Å². The Morgan fingerprint density at radius 2 is 1.96 bits per heavy atom. The molecule has 1 N–H and O–H groups in total. The largest absolute Gasteiger partial charge is 0.373 e. The lowest BCUT2D eigenvalue weighted by molar-refractivity contribution is 0.0949. The first kappa shape index (κ1) is 17.0. The maximum Gasteiger partial charge on any atom is 0.271 e. The van der Waals surface area contributed by atoms with Crippen LogP contribution in [0.2, 0.25) is 5.02 Å². The lowest BCUT2D eigenvalue weighted by atomic mass is 10.3. The number of likely N-dealkylation sites (N-methyl/N-ethyl adjacent to an activating group) is 1. The lowest BCUT2D eigenvalue weighted by Crippen LogP contribution is -2.33. The van der Waals surface area contributed by atoms with Gasteiger partial charge in [-0.3, -0.25) is 4.79 Å². The summed E-state index contributed by atoms with van der Waals surface area (Å²) in [5, 5.41) is 7.83. The van der Waals surface area contributed by atoms with E-state index in [-0.39, 0.29) is 5.91 Å². The monoisotopic (exact) mass is 354 g/mol. The fourth-order valence-electron chi connectivity index (χ4n) is 2.45. The van der Waals surface area contributed by atoms with Crippen molar-refractivity contribution >= 4 is 23.2 Å². The molecule has 1 amide bonds. The van der Waals surface area contributed by atoms with Gasteiger partial charge in [-0.15, -0.1) is 0 Å². The summed E-state index contributed by atoms with van der Waals surface area (Å²) in [6.45, 7) is 1.25. The Bertz CT molecular complexity index is 847. The number of carbonyl (C=O) groups is 1. The molecule has 1 aromatic heterocycles. The van der Waals surface area contributed by atoms with Crippen molar-refractivity contribution in [3.63, 3.8) is 0 Å². The number of para-hydroxylation sites is 1. The van der Waals surface area contributed by atoms with Gasteiger partial charge in [0.05, 0.1) is 5.69 Å². The van der Waals surface area contributed by atoms with Gasteiger partial charge < -0.3 is 10.2 Å². The van der Waals surface area contributed by atoms with Gasteiger partial charge in [0.15, 0.2) is 5.69 Å². The van der Waals surface area contributed by atoms with E-state index in [0.29, 0.717) is 23.8 Å². The Morgan fingerprint density at radius 1 is 1.16 bits per heavy atom. The number of nitrogens with zero attached hydrogens (tertiary/aromatic N) is 3. The molecule has 0 aliphatic rings. The summed E-state index contributed by atoms with van der Waals surface area (Å²) in [7, 11) is 2.00. The Balaban J connectivity index is 1.55. The second-order valence-electron chi connectivity index (χ2n) is 5.64. The quantitative estimate of drug-likeness (QED) is 0.738. The maximum atomic E-state index is 12.2. The first-order valence-corrected chi connectivity index (χ1v) is 8.37. The number of nitrogens with one attached hydrogen (secondary N) is 1. The molecule has 0 radical (unpaired) electrons. The normalized spacial score (nSPS) is 10.5. The second-order valence-corrected chi connectivity index (χ2v) is 6.07.